The van der Waals surface area contributed by atoms with Crippen molar-refractivity contribution in [2.45, 2.75) is 72.3 Å². The molecule has 2 atom stereocenters. The highest BCUT2D eigenvalue weighted by Crippen LogP contribution is 2.22. The highest BCUT2D eigenvalue weighted by Gasteiger charge is 2.28. The van der Waals surface area contributed by atoms with E-state index in [2.05, 4.69) is 10.6 Å². The molecule has 0 aliphatic rings. The summed E-state index contributed by atoms with van der Waals surface area (Å²) < 4.78 is 11.2. The maximum absolute atomic E-state index is 12.9. The van der Waals surface area contributed by atoms with Crippen LogP contribution in [-0.4, -0.2) is 23.6 Å². The van der Waals surface area contributed by atoms with Crippen LogP contribution in [0.2, 0.25) is 0 Å². The first-order chi connectivity index (χ1) is 15.1. The van der Waals surface area contributed by atoms with Gasteiger partial charge in [-0.25, -0.2) is 4.79 Å². The number of nitrogens with one attached hydrogen (secondary N) is 2. The molecule has 0 aliphatic carbocycles. The fourth-order valence-electron chi connectivity index (χ4n) is 3.19. The van der Waals surface area contributed by atoms with Crippen LogP contribution in [0.25, 0.3) is 0 Å². The lowest BCUT2D eigenvalue weighted by Gasteiger charge is -2.27. The van der Waals surface area contributed by atoms with E-state index >= 15 is 0 Å². The summed E-state index contributed by atoms with van der Waals surface area (Å²) in [6, 6.07) is 16.9. The molecule has 0 unspecified atom stereocenters. The van der Waals surface area contributed by atoms with E-state index in [1.54, 1.807) is 20.8 Å². The van der Waals surface area contributed by atoms with E-state index in [4.69, 9.17) is 9.47 Å². The standard InChI is InChI=1S/C26H36N2O4/c1-7-22(27-24(29)23(18(2)3)28-25(30)32-26(4,5)6)20-13-15-21(16-14-20)31-17-19-11-9-8-10-12-19/h8-16,18,22-23H,7,17H2,1-6H3,(H,27,29)(H,28,30)/t22-,23+/m0/s1. The Morgan fingerprint density at radius 2 is 1.56 bits per heavy atom. The van der Waals surface area contributed by atoms with Crippen LogP contribution in [-0.2, 0) is 16.1 Å². The summed E-state index contributed by atoms with van der Waals surface area (Å²) in [4.78, 5) is 25.1. The van der Waals surface area contributed by atoms with Crippen LogP contribution in [0.1, 0.15) is 65.1 Å². The molecule has 0 heterocycles. The minimum absolute atomic E-state index is 0.0891. The molecule has 0 fully saturated rings. The molecule has 174 valence electrons. The quantitative estimate of drug-likeness (QED) is 0.549. The smallest absolute Gasteiger partial charge is 0.408 e. The van der Waals surface area contributed by atoms with Gasteiger partial charge in [0.05, 0.1) is 6.04 Å². The Balaban J connectivity index is 1.99. The summed E-state index contributed by atoms with van der Waals surface area (Å²) in [6.07, 6.45) is 0.118. The summed E-state index contributed by atoms with van der Waals surface area (Å²) in [5.74, 6) is 0.446. The molecular weight excluding hydrogens is 404 g/mol. The zero-order chi connectivity index (χ0) is 23.7. The van der Waals surface area contributed by atoms with Crippen molar-refractivity contribution >= 4 is 12.0 Å². The molecule has 0 saturated carbocycles. The monoisotopic (exact) mass is 440 g/mol. The van der Waals surface area contributed by atoms with Crippen molar-refractivity contribution < 1.29 is 19.1 Å². The van der Waals surface area contributed by atoms with Crippen LogP contribution in [0.4, 0.5) is 4.79 Å². The van der Waals surface area contributed by atoms with Crippen LogP contribution in [0.3, 0.4) is 0 Å². The second kappa shape index (κ2) is 11.6. The Morgan fingerprint density at radius 3 is 2.09 bits per heavy atom. The number of hydrogen-bond donors (Lipinski definition) is 2. The van der Waals surface area contributed by atoms with E-state index in [0.717, 1.165) is 16.9 Å². The van der Waals surface area contributed by atoms with Crippen molar-refractivity contribution in [3.8, 4) is 5.75 Å². The second-order valence-corrected chi connectivity index (χ2v) is 9.18. The second-order valence-electron chi connectivity index (χ2n) is 9.18. The number of amides is 2. The summed E-state index contributed by atoms with van der Waals surface area (Å²) in [6.45, 7) is 11.7. The molecule has 0 radical (unpaired) electrons. The third kappa shape index (κ3) is 8.25. The van der Waals surface area contributed by atoms with Crippen molar-refractivity contribution in [1.82, 2.24) is 10.6 Å². The number of benzene rings is 2. The van der Waals surface area contributed by atoms with Crippen molar-refractivity contribution in [3.63, 3.8) is 0 Å². The minimum atomic E-state index is -0.688. The highest BCUT2D eigenvalue weighted by molar-refractivity contribution is 5.86. The highest BCUT2D eigenvalue weighted by atomic mass is 16.6. The zero-order valence-electron chi connectivity index (χ0n) is 20.0. The number of carbonyl (C=O) groups excluding carboxylic acids is 2. The molecular formula is C26H36N2O4. The van der Waals surface area contributed by atoms with E-state index in [1.807, 2.05) is 75.4 Å². The average molecular weight is 441 g/mol. The lowest BCUT2D eigenvalue weighted by Crippen LogP contribution is -2.51. The van der Waals surface area contributed by atoms with Crippen LogP contribution in [0, 0.1) is 5.92 Å². The summed E-state index contributed by atoms with van der Waals surface area (Å²) >= 11 is 0. The van der Waals surface area contributed by atoms with Gasteiger partial charge in [0.2, 0.25) is 5.91 Å². The van der Waals surface area contributed by atoms with Crippen LogP contribution >= 0.6 is 0 Å². The number of carbonyl (C=O) groups is 2. The Kier molecular flexibility index (Phi) is 9.12. The molecule has 2 amide bonds. The van der Waals surface area contributed by atoms with Crippen molar-refractivity contribution in [1.29, 1.82) is 0 Å². The Bertz CT molecular complexity index is 858. The maximum Gasteiger partial charge on any atom is 0.408 e. The molecule has 0 bridgehead atoms. The van der Waals surface area contributed by atoms with E-state index in [1.165, 1.54) is 0 Å². The molecule has 6 nitrogen and oxygen atoms in total. The molecule has 0 aromatic heterocycles. The molecule has 2 rings (SSSR count). The molecule has 6 heteroatoms. The predicted molar refractivity (Wildman–Crippen MR) is 126 cm³/mol. The van der Waals surface area contributed by atoms with Crippen LogP contribution in [0.15, 0.2) is 54.6 Å². The number of hydrogen-bond acceptors (Lipinski definition) is 4. The van der Waals surface area contributed by atoms with Gasteiger partial charge < -0.3 is 20.1 Å². The van der Waals surface area contributed by atoms with E-state index in [-0.39, 0.29) is 17.9 Å². The van der Waals surface area contributed by atoms with Gasteiger partial charge in [-0.3, -0.25) is 4.79 Å². The summed E-state index contributed by atoms with van der Waals surface area (Å²) in [5, 5.41) is 5.76. The van der Waals surface area contributed by atoms with Gasteiger partial charge in [0.1, 0.15) is 24.0 Å². The SMILES string of the molecule is CC[C@H](NC(=O)[C@H](NC(=O)OC(C)(C)C)C(C)C)c1ccc(OCc2ccccc2)cc1. The molecule has 2 aromatic rings. The van der Waals surface area contributed by atoms with E-state index < -0.39 is 17.7 Å². The topological polar surface area (TPSA) is 76.7 Å². The molecule has 2 N–H and O–H groups in total. The van der Waals surface area contributed by atoms with Gasteiger partial charge in [-0.1, -0.05) is 63.2 Å². The van der Waals surface area contributed by atoms with Gasteiger partial charge >= 0.3 is 6.09 Å². The third-order valence-electron chi connectivity index (χ3n) is 4.88. The maximum atomic E-state index is 12.9. The molecule has 0 saturated heterocycles. The number of ether oxygens (including phenoxy) is 2. The fraction of sp³-hybridized carbons (Fsp3) is 0.462. The number of alkyl carbamates (subject to hydrolysis) is 1. The van der Waals surface area contributed by atoms with Gasteiger partial charge in [0, 0.05) is 0 Å². The predicted octanol–water partition coefficient (Wildman–Crippen LogP) is 5.38. The first-order valence-corrected chi connectivity index (χ1v) is 11.2. The van der Waals surface area contributed by atoms with E-state index in [0.29, 0.717) is 13.0 Å². The summed E-state index contributed by atoms with van der Waals surface area (Å²) in [7, 11) is 0. The Labute approximate surface area is 191 Å². The van der Waals surface area contributed by atoms with Gasteiger partial charge in [-0.2, -0.15) is 0 Å². The average Bonchev–Trinajstić information content (AvgIpc) is 2.74. The third-order valence-corrected chi connectivity index (χ3v) is 4.88. The Morgan fingerprint density at radius 1 is 0.938 bits per heavy atom. The van der Waals surface area contributed by atoms with Gasteiger partial charge in [-0.15, -0.1) is 0 Å². The zero-order valence-corrected chi connectivity index (χ0v) is 20.0. The lowest BCUT2D eigenvalue weighted by molar-refractivity contribution is -0.125. The molecule has 32 heavy (non-hydrogen) atoms. The first kappa shape index (κ1) is 25.2. The fourth-order valence-corrected chi connectivity index (χ4v) is 3.19. The van der Waals surface area contributed by atoms with Gasteiger partial charge in [-0.05, 0) is 56.4 Å². The lowest BCUT2D eigenvalue weighted by atomic mass is 10.0. The van der Waals surface area contributed by atoms with Crippen molar-refractivity contribution in [2.24, 2.45) is 5.92 Å². The van der Waals surface area contributed by atoms with E-state index in [9.17, 15) is 9.59 Å². The molecule has 0 aliphatic heterocycles. The van der Waals surface area contributed by atoms with Crippen LogP contribution in [0.5, 0.6) is 5.75 Å². The van der Waals surface area contributed by atoms with Crippen LogP contribution < -0.4 is 15.4 Å². The molecule has 2 aromatic carbocycles. The van der Waals surface area contributed by atoms with Gasteiger partial charge in [0.25, 0.3) is 0 Å². The largest absolute Gasteiger partial charge is 0.489 e. The van der Waals surface area contributed by atoms with Crippen molar-refractivity contribution in [3.05, 3.63) is 65.7 Å². The Hall–Kier alpha value is -3.02. The minimum Gasteiger partial charge on any atom is -0.489 e. The summed E-state index contributed by atoms with van der Waals surface area (Å²) in [5.41, 5.74) is 1.46. The molecule has 0 spiro atoms. The number of rotatable bonds is 9. The van der Waals surface area contributed by atoms with Gasteiger partial charge in [0.15, 0.2) is 0 Å². The van der Waals surface area contributed by atoms with Crippen molar-refractivity contribution in [2.75, 3.05) is 0 Å². The normalized spacial score (nSPS) is 13.2. The first-order valence-electron chi connectivity index (χ1n) is 11.2.